The van der Waals surface area contributed by atoms with Crippen molar-refractivity contribution in [2.75, 3.05) is 28.4 Å². The van der Waals surface area contributed by atoms with Crippen LogP contribution in [0, 0.1) is 0 Å². The van der Waals surface area contributed by atoms with E-state index < -0.39 is 0 Å². The number of hydrogen-bond donors (Lipinski definition) is 0. The molecule has 3 aromatic carbocycles. The van der Waals surface area contributed by atoms with Crippen LogP contribution < -0.4 is 18.9 Å². The molecular formula is C23H23NO4. The summed E-state index contributed by atoms with van der Waals surface area (Å²) in [6.07, 6.45) is 0. The van der Waals surface area contributed by atoms with Crippen molar-refractivity contribution in [3.8, 4) is 23.0 Å². The van der Waals surface area contributed by atoms with Crippen LogP contribution in [0.3, 0.4) is 0 Å². The van der Waals surface area contributed by atoms with Crippen LogP contribution in [-0.2, 0) is 6.54 Å². The van der Waals surface area contributed by atoms with E-state index in [0.717, 1.165) is 21.8 Å². The van der Waals surface area contributed by atoms with Crippen molar-refractivity contribution in [1.82, 2.24) is 4.57 Å². The van der Waals surface area contributed by atoms with Crippen LogP contribution in [0.25, 0.3) is 21.8 Å². The molecular weight excluding hydrogens is 354 g/mol. The van der Waals surface area contributed by atoms with Gasteiger partial charge >= 0.3 is 0 Å². The second kappa shape index (κ2) is 7.35. The Balaban J connectivity index is 2.11. The van der Waals surface area contributed by atoms with E-state index in [1.54, 1.807) is 28.4 Å². The molecule has 0 saturated heterocycles. The lowest BCUT2D eigenvalue weighted by molar-refractivity contribution is 0.355. The van der Waals surface area contributed by atoms with Crippen molar-refractivity contribution in [3.05, 3.63) is 60.2 Å². The first-order valence-electron chi connectivity index (χ1n) is 9.04. The zero-order valence-electron chi connectivity index (χ0n) is 16.5. The van der Waals surface area contributed by atoms with Crippen molar-refractivity contribution in [2.45, 2.75) is 6.54 Å². The highest BCUT2D eigenvalue weighted by Crippen LogP contribution is 2.44. The standard InChI is InChI=1S/C23H23NO4/c1-25-19-11-10-16-17-12-20(26-2)21(27-3)13-18(17)24(22(16)23(19)28-4)14-15-8-6-5-7-9-15/h5-13H,14H2,1-4H3. The van der Waals surface area contributed by atoms with Gasteiger partial charge in [0.2, 0.25) is 0 Å². The highest BCUT2D eigenvalue weighted by Gasteiger charge is 2.20. The molecule has 0 atom stereocenters. The molecule has 0 aliphatic carbocycles. The third-order valence-corrected chi connectivity index (χ3v) is 5.06. The van der Waals surface area contributed by atoms with E-state index in [1.165, 1.54) is 5.56 Å². The van der Waals surface area contributed by atoms with Crippen LogP contribution in [-0.4, -0.2) is 33.0 Å². The Morgan fingerprint density at radius 3 is 2.00 bits per heavy atom. The fourth-order valence-corrected chi connectivity index (χ4v) is 3.75. The van der Waals surface area contributed by atoms with Gasteiger partial charge in [0.15, 0.2) is 23.0 Å². The summed E-state index contributed by atoms with van der Waals surface area (Å²) in [6.45, 7) is 0.694. The molecule has 5 heteroatoms. The largest absolute Gasteiger partial charge is 0.493 e. The van der Waals surface area contributed by atoms with Crippen molar-refractivity contribution >= 4 is 21.8 Å². The minimum atomic E-state index is 0.693. The molecule has 0 amide bonds. The predicted octanol–water partition coefficient (Wildman–Crippen LogP) is 4.88. The number of fused-ring (bicyclic) bond motifs is 3. The van der Waals surface area contributed by atoms with Crippen molar-refractivity contribution in [1.29, 1.82) is 0 Å². The van der Waals surface area contributed by atoms with Gasteiger partial charge in [-0.1, -0.05) is 30.3 Å². The molecule has 1 heterocycles. The Morgan fingerprint density at radius 2 is 1.36 bits per heavy atom. The highest BCUT2D eigenvalue weighted by molar-refractivity contribution is 6.11. The normalized spacial score (nSPS) is 11.0. The minimum Gasteiger partial charge on any atom is -0.493 e. The van der Waals surface area contributed by atoms with Gasteiger partial charge in [-0.15, -0.1) is 0 Å². The number of benzene rings is 3. The SMILES string of the molecule is COc1cc2c3ccc(OC)c(OC)c3n(Cc3ccccc3)c2cc1OC. The Kier molecular flexibility index (Phi) is 4.74. The second-order valence-electron chi connectivity index (χ2n) is 6.49. The average Bonchev–Trinajstić information content (AvgIpc) is 3.05. The van der Waals surface area contributed by atoms with Gasteiger partial charge in [0.25, 0.3) is 0 Å². The van der Waals surface area contributed by atoms with Gasteiger partial charge in [0.1, 0.15) is 0 Å². The fraction of sp³-hybridized carbons (Fsp3) is 0.217. The number of hydrogen-bond acceptors (Lipinski definition) is 4. The Bertz CT molecular complexity index is 1130. The lowest BCUT2D eigenvalue weighted by atomic mass is 10.1. The Hall–Kier alpha value is -3.34. The predicted molar refractivity (Wildman–Crippen MR) is 111 cm³/mol. The quantitative estimate of drug-likeness (QED) is 0.480. The van der Waals surface area contributed by atoms with E-state index in [9.17, 15) is 0 Å². The van der Waals surface area contributed by atoms with E-state index in [4.69, 9.17) is 18.9 Å². The van der Waals surface area contributed by atoms with E-state index in [-0.39, 0.29) is 0 Å². The van der Waals surface area contributed by atoms with Crippen LogP contribution in [0.5, 0.6) is 23.0 Å². The van der Waals surface area contributed by atoms with Gasteiger partial charge < -0.3 is 23.5 Å². The fourth-order valence-electron chi connectivity index (χ4n) is 3.75. The first kappa shape index (κ1) is 18.0. The van der Waals surface area contributed by atoms with E-state index in [1.807, 2.05) is 36.4 Å². The summed E-state index contributed by atoms with van der Waals surface area (Å²) in [7, 11) is 6.62. The minimum absolute atomic E-state index is 0.693. The molecule has 0 radical (unpaired) electrons. The molecule has 0 bridgehead atoms. The van der Waals surface area contributed by atoms with Gasteiger partial charge in [-0.2, -0.15) is 0 Å². The summed E-state index contributed by atoms with van der Waals surface area (Å²) < 4.78 is 24.6. The summed E-state index contributed by atoms with van der Waals surface area (Å²) in [5, 5.41) is 2.15. The lowest BCUT2D eigenvalue weighted by Crippen LogP contribution is -2.02. The van der Waals surface area contributed by atoms with Gasteiger partial charge in [-0.25, -0.2) is 0 Å². The third-order valence-electron chi connectivity index (χ3n) is 5.06. The molecule has 0 spiro atoms. The molecule has 4 rings (SSSR count). The number of nitrogens with zero attached hydrogens (tertiary/aromatic N) is 1. The third kappa shape index (κ3) is 2.80. The topological polar surface area (TPSA) is 41.9 Å². The zero-order valence-corrected chi connectivity index (χ0v) is 16.5. The number of aromatic nitrogens is 1. The molecule has 0 saturated carbocycles. The maximum atomic E-state index is 5.76. The molecule has 0 unspecified atom stereocenters. The number of ether oxygens (including phenoxy) is 4. The van der Waals surface area contributed by atoms with Crippen molar-refractivity contribution in [2.24, 2.45) is 0 Å². The van der Waals surface area contributed by atoms with Gasteiger partial charge in [-0.05, 0) is 23.8 Å². The number of rotatable bonds is 6. The maximum absolute atomic E-state index is 5.76. The van der Waals surface area contributed by atoms with Crippen LogP contribution in [0.4, 0.5) is 0 Å². The summed E-state index contributed by atoms with van der Waals surface area (Å²) in [5.74, 6) is 2.80. The van der Waals surface area contributed by atoms with Crippen LogP contribution in [0.2, 0.25) is 0 Å². The molecule has 0 fully saturated rings. The number of methoxy groups -OCH3 is 4. The van der Waals surface area contributed by atoms with Crippen LogP contribution >= 0.6 is 0 Å². The van der Waals surface area contributed by atoms with Crippen molar-refractivity contribution in [3.63, 3.8) is 0 Å². The monoisotopic (exact) mass is 377 g/mol. The molecule has 4 aromatic rings. The maximum Gasteiger partial charge on any atom is 0.185 e. The summed E-state index contributed by atoms with van der Waals surface area (Å²) >= 11 is 0. The Labute approximate surface area is 164 Å². The second-order valence-corrected chi connectivity index (χ2v) is 6.49. The summed E-state index contributed by atoms with van der Waals surface area (Å²) in [5.41, 5.74) is 3.22. The van der Waals surface area contributed by atoms with E-state index in [0.29, 0.717) is 29.5 Å². The zero-order chi connectivity index (χ0) is 19.7. The molecule has 0 aliphatic rings. The molecule has 0 aliphatic heterocycles. The van der Waals surface area contributed by atoms with E-state index >= 15 is 0 Å². The van der Waals surface area contributed by atoms with E-state index in [2.05, 4.69) is 22.8 Å². The summed E-state index contributed by atoms with van der Waals surface area (Å²) in [6, 6.07) is 18.4. The molecule has 0 N–H and O–H groups in total. The Morgan fingerprint density at radius 1 is 0.679 bits per heavy atom. The van der Waals surface area contributed by atoms with Gasteiger partial charge in [0, 0.05) is 23.4 Å². The smallest absolute Gasteiger partial charge is 0.185 e. The van der Waals surface area contributed by atoms with Gasteiger partial charge in [0.05, 0.1) is 39.5 Å². The van der Waals surface area contributed by atoms with Gasteiger partial charge in [-0.3, -0.25) is 0 Å². The molecule has 5 nitrogen and oxygen atoms in total. The molecule has 1 aromatic heterocycles. The lowest BCUT2D eigenvalue weighted by Gasteiger charge is -2.13. The van der Waals surface area contributed by atoms with Crippen LogP contribution in [0.1, 0.15) is 5.56 Å². The highest BCUT2D eigenvalue weighted by atomic mass is 16.5. The molecule has 144 valence electrons. The van der Waals surface area contributed by atoms with Crippen LogP contribution in [0.15, 0.2) is 54.6 Å². The average molecular weight is 377 g/mol. The molecule has 28 heavy (non-hydrogen) atoms. The first-order chi connectivity index (χ1) is 13.7. The summed E-state index contributed by atoms with van der Waals surface area (Å²) in [4.78, 5) is 0. The first-order valence-corrected chi connectivity index (χ1v) is 9.04. The van der Waals surface area contributed by atoms with Crippen molar-refractivity contribution < 1.29 is 18.9 Å².